The first kappa shape index (κ1) is 22.6. The van der Waals surface area contributed by atoms with Crippen LogP contribution in [-0.4, -0.2) is 52.8 Å². The van der Waals surface area contributed by atoms with Crippen molar-refractivity contribution in [2.75, 3.05) is 31.6 Å². The van der Waals surface area contributed by atoms with Crippen LogP contribution in [0.25, 0.3) is 11.3 Å². The fraction of sp³-hybridized carbons (Fsp3) is 0.179. The van der Waals surface area contributed by atoms with Gasteiger partial charge in [0.15, 0.2) is 0 Å². The molecule has 1 aliphatic heterocycles. The van der Waals surface area contributed by atoms with Gasteiger partial charge in [-0.1, -0.05) is 66.7 Å². The molecule has 0 aliphatic carbocycles. The molecule has 7 nitrogen and oxygen atoms in total. The molecule has 0 bridgehead atoms. The van der Waals surface area contributed by atoms with Crippen LogP contribution in [0.15, 0.2) is 91.1 Å². The number of nitrogens with one attached hydrogen (secondary N) is 1. The average Bonchev–Trinajstić information content (AvgIpc) is 3.34. The van der Waals surface area contributed by atoms with Crippen molar-refractivity contribution in [3.8, 4) is 11.3 Å². The monoisotopic (exact) mass is 466 g/mol. The van der Waals surface area contributed by atoms with Crippen LogP contribution >= 0.6 is 0 Å². The molecule has 7 heteroatoms. The van der Waals surface area contributed by atoms with Crippen LogP contribution in [0.4, 0.5) is 5.69 Å². The van der Waals surface area contributed by atoms with E-state index in [1.807, 2.05) is 60.7 Å². The molecule has 0 unspecified atom stereocenters. The van der Waals surface area contributed by atoms with Crippen molar-refractivity contribution in [2.45, 2.75) is 6.54 Å². The lowest BCUT2D eigenvalue weighted by atomic mass is 10.1. The Morgan fingerprint density at radius 1 is 0.886 bits per heavy atom. The molecule has 2 amide bonds. The number of benzene rings is 3. The minimum absolute atomic E-state index is 0.0648. The van der Waals surface area contributed by atoms with E-state index < -0.39 is 0 Å². The number of ether oxygens (including phenoxy) is 1. The first-order valence-electron chi connectivity index (χ1n) is 11.6. The van der Waals surface area contributed by atoms with Crippen LogP contribution in [0.5, 0.6) is 0 Å². The third kappa shape index (κ3) is 5.31. The Bertz CT molecular complexity index is 1310. The van der Waals surface area contributed by atoms with Crippen molar-refractivity contribution in [1.29, 1.82) is 0 Å². The number of rotatable bonds is 6. The first-order valence-corrected chi connectivity index (χ1v) is 11.6. The van der Waals surface area contributed by atoms with Gasteiger partial charge in [0.2, 0.25) is 0 Å². The maximum atomic E-state index is 13.4. The van der Waals surface area contributed by atoms with Gasteiger partial charge in [0, 0.05) is 36.1 Å². The lowest BCUT2D eigenvalue weighted by molar-refractivity contribution is 0.0303. The maximum Gasteiger partial charge on any atom is 0.259 e. The van der Waals surface area contributed by atoms with E-state index in [0.29, 0.717) is 55.4 Å². The van der Waals surface area contributed by atoms with Crippen molar-refractivity contribution < 1.29 is 14.3 Å². The van der Waals surface area contributed by atoms with Crippen LogP contribution in [0.2, 0.25) is 0 Å². The Labute approximate surface area is 204 Å². The van der Waals surface area contributed by atoms with E-state index in [0.717, 1.165) is 11.1 Å². The Hall–Kier alpha value is -4.23. The Balaban J connectivity index is 1.40. The summed E-state index contributed by atoms with van der Waals surface area (Å²) < 4.78 is 7.12. The molecule has 1 aromatic heterocycles. The van der Waals surface area contributed by atoms with E-state index in [1.54, 1.807) is 40.0 Å². The molecule has 3 aromatic carbocycles. The summed E-state index contributed by atoms with van der Waals surface area (Å²) in [5.74, 6) is -0.343. The van der Waals surface area contributed by atoms with Gasteiger partial charge >= 0.3 is 0 Å². The van der Waals surface area contributed by atoms with Crippen molar-refractivity contribution in [2.24, 2.45) is 0 Å². The molecule has 0 radical (unpaired) electrons. The van der Waals surface area contributed by atoms with Gasteiger partial charge in [-0.3, -0.25) is 14.3 Å². The van der Waals surface area contributed by atoms with Crippen LogP contribution in [0.1, 0.15) is 26.3 Å². The van der Waals surface area contributed by atoms with E-state index in [4.69, 9.17) is 9.84 Å². The van der Waals surface area contributed by atoms with Gasteiger partial charge in [-0.05, 0) is 23.8 Å². The summed E-state index contributed by atoms with van der Waals surface area (Å²) in [5, 5.41) is 7.68. The predicted molar refractivity (Wildman–Crippen MR) is 134 cm³/mol. The van der Waals surface area contributed by atoms with E-state index in [9.17, 15) is 9.59 Å². The van der Waals surface area contributed by atoms with E-state index in [1.165, 1.54) is 0 Å². The Morgan fingerprint density at radius 3 is 2.34 bits per heavy atom. The number of aromatic nitrogens is 2. The maximum absolute atomic E-state index is 13.4. The minimum Gasteiger partial charge on any atom is -0.378 e. The molecule has 1 N–H and O–H groups in total. The number of anilines is 1. The average molecular weight is 467 g/mol. The third-order valence-electron chi connectivity index (χ3n) is 5.91. The van der Waals surface area contributed by atoms with Gasteiger partial charge in [-0.15, -0.1) is 0 Å². The number of carbonyl (C=O) groups excluding carboxylic acids is 2. The van der Waals surface area contributed by atoms with E-state index in [2.05, 4.69) is 5.32 Å². The summed E-state index contributed by atoms with van der Waals surface area (Å²) in [7, 11) is 0. The van der Waals surface area contributed by atoms with E-state index in [-0.39, 0.29) is 11.8 Å². The zero-order valence-electron chi connectivity index (χ0n) is 19.3. The highest BCUT2D eigenvalue weighted by molar-refractivity contribution is 6.08. The van der Waals surface area contributed by atoms with Gasteiger partial charge in [-0.25, -0.2) is 0 Å². The highest BCUT2D eigenvalue weighted by Gasteiger charge is 2.21. The predicted octanol–water partition coefficient (Wildman–Crippen LogP) is 4.32. The molecule has 0 atom stereocenters. The fourth-order valence-electron chi connectivity index (χ4n) is 4.13. The van der Waals surface area contributed by atoms with Gasteiger partial charge in [0.05, 0.1) is 25.3 Å². The van der Waals surface area contributed by atoms with Crippen LogP contribution < -0.4 is 5.32 Å². The summed E-state index contributed by atoms with van der Waals surface area (Å²) in [6.07, 6.45) is 1.77. The summed E-state index contributed by atoms with van der Waals surface area (Å²) in [4.78, 5) is 28.0. The summed E-state index contributed by atoms with van der Waals surface area (Å²) in [6.45, 7) is 2.76. The molecular weight excluding hydrogens is 440 g/mol. The molecule has 1 aliphatic rings. The fourth-order valence-corrected chi connectivity index (χ4v) is 4.13. The minimum atomic E-state index is -0.279. The standard InChI is InChI=1S/C28H26N4O3/c33-27(29-24-13-7-12-23(18-24)28(34)31-14-16-35-17-15-31)25-20-32(19-21-8-3-1-4-9-21)30-26(25)22-10-5-2-6-11-22/h1-13,18,20H,14-17,19H2,(H,29,33). The number of nitrogens with zero attached hydrogens (tertiary/aromatic N) is 3. The molecule has 176 valence electrons. The quantitative estimate of drug-likeness (QED) is 0.459. The number of hydrogen-bond acceptors (Lipinski definition) is 4. The molecule has 4 aromatic rings. The zero-order chi connectivity index (χ0) is 24.0. The Morgan fingerprint density at radius 2 is 1.60 bits per heavy atom. The van der Waals surface area contributed by atoms with Crippen LogP contribution in [0, 0.1) is 0 Å². The van der Waals surface area contributed by atoms with Gasteiger partial charge in [0.25, 0.3) is 11.8 Å². The largest absolute Gasteiger partial charge is 0.378 e. The topological polar surface area (TPSA) is 76.5 Å². The van der Waals surface area contributed by atoms with E-state index >= 15 is 0 Å². The second-order valence-corrected chi connectivity index (χ2v) is 8.38. The lowest BCUT2D eigenvalue weighted by Gasteiger charge is -2.27. The highest BCUT2D eigenvalue weighted by atomic mass is 16.5. The van der Waals surface area contributed by atoms with Crippen molar-refractivity contribution in [3.63, 3.8) is 0 Å². The molecule has 0 spiro atoms. The zero-order valence-corrected chi connectivity index (χ0v) is 19.3. The second kappa shape index (κ2) is 10.4. The third-order valence-corrected chi connectivity index (χ3v) is 5.91. The summed E-state index contributed by atoms with van der Waals surface area (Å²) in [5.41, 5.74) is 4.13. The molecule has 5 rings (SSSR count). The highest BCUT2D eigenvalue weighted by Crippen LogP contribution is 2.24. The molecule has 2 heterocycles. The number of hydrogen-bond donors (Lipinski definition) is 1. The number of morpholine rings is 1. The first-order chi connectivity index (χ1) is 17.2. The van der Waals surface area contributed by atoms with Crippen molar-refractivity contribution in [3.05, 3.63) is 108 Å². The van der Waals surface area contributed by atoms with Crippen LogP contribution in [0.3, 0.4) is 0 Å². The molecule has 35 heavy (non-hydrogen) atoms. The second-order valence-electron chi connectivity index (χ2n) is 8.38. The smallest absolute Gasteiger partial charge is 0.259 e. The summed E-state index contributed by atoms with van der Waals surface area (Å²) >= 11 is 0. The normalized spacial score (nSPS) is 13.4. The molecular formula is C28H26N4O3. The number of carbonyl (C=O) groups is 2. The van der Waals surface area contributed by atoms with Crippen molar-refractivity contribution in [1.82, 2.24) is 14.7 Å². The Kier molecular flexibility index (Phi) is 6.68. The van der Waals surface area contributed by atoms with Gasteiger partial charge in [0.1, 0.15) is 5.69 Å². The van der Waals surface area contributed by atoms with Gasteiger partial charge in [-0.2, -0.15) is 5.10 Å². The van der Waals surface area contributed by atoms with Crippen molar-refractivity contribution >= 4 is 17.5 Å². The van der Waals surface area contributed by atoms with Gasteiger partial charge < -0.3 is 15.0 Å². The molecule has 1 fully saturated rings. The van der Waals surface area contributed by atoms with Crippen LogP contribution in [-0.2, 0) is 11.3 Å². The molecule has 1 saturated heterocycles. The summed E-state index contributed by atoms with van der Waals surface area (Å²) in [6, 6.07) is 26.7. The lowest BCUT2D eigenvalue weighted by Crippen LogP contribution is -2.40. The molecule has 0 saturated carbocycles. The number of amides is 2. The SMILES string of the molecule is O=C(Nc1cccc(C(=O)N2CCOCC2)c1)c1cn(Cc2ccccc2)nc1-c1ccccc1.